The molecular formula is C22H27N3OS. The highest BCUT2D eigenvalue weighted by Gasteiger charge is 2.22. The first-order chi connectivity index (χ1) is 12.8. The van der Waals surface area contributed by atoms with Crippen molar-refractivity contribution in [3.8, 4) is 0 Å². The Kier molecular flexibility index (Phi) is 5.63. The maximum Gasteiger partial charge on any atom is 0.260 e. The molecule has 5 heteroatoms. The SMILES string of the molecule is Cc1ccc(C(=O)N(CCN(C)C)c2nc3cc(C)c(C)cc3s2)cc1C. The fourth-order valence-electron chi connectivity index (χ4n) is 2.90. The lowest BCUT2D eigenvalue weighted by atomic mass is 10.1. The Morgan fingerprint density at radius 3 is 2.26 bits per heavy atom. The van der Waals surface area contributed by atoms with Crippen LogP contribution < -0.4 is 4.90 Å². The Morgan fingerprint density at radius 2 is 1.59 bits per heavy atom. The summed E-state index contributed by atoms with van der Waals surface area (Å²) in [4.78, 5) is 22.0. The smallest absolute Gasteiger partial charge is 0.260 e. The monoisotopic (exact) mass is 381 g/mol. The second-order valence-corrected chi connectivity index (χ2v) is 8.47. The first kappa shape index (κ1) is 19.5. The fraction of sp³-hybridized carbons (Fsp3) is 0.364. The minimum atomic E-state index is 0.00690. The van der Waals surface area contributed by atoms with Gasteiger partial charge in [-0.2, -0.15) is 0 Å². The van der Waals surface area contributed by atoms with Crippen molar-refractivity contribution in [2.24, 2.45) is 0 Å². The van der Waals surface area contributed by atoms with Crippen molar-refractivity contribution in [1.29, 1.82) is 0 Å². The van der Waals surface area contributed by atoms with Crippen LogP contribution in [0.25, 0.3) is 10.2 Å². The standard InChI is InChI=1S/C22H27N3OS/c1-14-7-8-18(11-15(14)2)21(26)25(10-9-24(5)6)22-23-19-12-16(3)17(4)13-20(19)27-22/h7-8,11-13H,9-10H2,1-6H3. The van der Waals surface area contributed by atoms with Gasteiger partial charge in [-0.25, -0.2) is 4.98 Å². The zero-order valence-electron chi connectivity index (χ0n) is 17.0. The molecule has 3 aromatic rings. The van der Waals surface area contributed by atoms with Gasteiger partial charge >= 0.3 is 0 Å². The number of nitrogens with zero attached hydrogens (tertiary/aromatic N) is 3. The summed E-state index contributed by atoms with van der Waals surface area (Å²) in [6.07, 6.45) is 0. The number of thiazole rings is 1. The Labute approximate surface area is 165 Å². The first-order valence-corrected chi connectivity index (χ1v) is 9.99. The van der Waals surface area contributed by atoms with Crippen molar-refractivity contribution in [3.63, 3.8) is 0 Å². The molecule has 3 rings (SSSR count). The van der Waals surface area contributed by atoms with Crippen LogP contribution in [-0.4, -0.2) is 43.0 Å². The van der Waals surface area contributed by atoms with Crippen molar-refractivity contribution in [2.75, 3.05) is 32.1 Å². The third kappa shape index (κ3) is 4.20. The second kappa shape index (κ2) is 7.79. The molecule has 0 aliphatic heterocycles. The molecule has 27 heavy (non-hydrogen) atoms. The number of fused-ring (bicyclic) bond motifs is 1. The largest absolute Gasteiger partial charge is 0.308 e. The van der Waals surface area contributed by atoms with E-state index in [2.05, 4.69) is 37.8 Å². The third-order valence-electron chi connectivity index (χ3n) is 4.99. The molecule has 0 radical (unpaired) electrons. The number of amides is 1. The average Bonchev–Trinajstić information content (AvgIpc) is 2.99. The van der Waals surface area contributed by atoms with Gasteiger partial charge in [0.25, 0.3) is 5.91 Å². The summed E-state index contributed by atoms with van der Waals surface area (Å²) in [6, 6.07) is 10.2. The molecule has 1 heterocycles. The highest BCUT2D eigenvalue weighted by Crippen LogP contribution is 2.31. The molecule has 0 saturated carbocycles. The van der Waals surface area contributed by atoms with Gasteiger partial charge in [0.2, 0.25) is 0 Å². The molecule has 0 unspecified atom stereocenters. The van der Waals surface area contributed by atoms with E-state index in [0.29, 0.717) is 12.1 Å². The van der Waals surface area contributed by atoms with Crippen LogP contribution >= 0.6 is 11.3 Å². The number of hydrogen-bond donors (Lipinski definition) is 0. The summed E-state index contributed by atoms with van der Waals surface area (Å²) in [7, 11) is 4.04. The average molecular weight is 382 g/mol. The summed E-state index contributed by atoms with van der Waals surface area (Å²) in [5, 5.41) is 0.764. The number of benzene rings is 2. The van der Waals surface area contributed by atoms with E-state index in [-0.39, 0.29) is 5.91 Å². The van der Waals surface area contributed by atoms with Crippen molar-refractivity contribution < 1.29 is 4.79 Å². The Balaban J connectivity index is 2.02. The van der Waals surface area contributed by atoms with E-state index < -0.39 is 0 Å². The van der Waals surface area contributed by atoms with Crippen molar-refractivity contribution in [2.45, 2.75) is 27.7 Å². The number of carbonyl (C=O) groups excluding carboxylic acids is 1. The maximum atomic E-state index is 13.3. The second-order valence-electron chi connectivity index (χ2n) is 7.46. The highest BCUT2D eigenvalue weighted by atomic mass is 32.1. The molecule has 0 bridgehead atoms. The van der Waals surface area contributed by atoms with Crippen LogP contribution in [0.1, 0.15) is 32.6 Å². The van der Waals surface area contributed by atoms with Crippen LogP contribution in [0, 0.1) is 27.7 Å². The van der Waals surface area contributed by atoms with Gasteiger partial charge in [-0.05, 0) is 88.3 Å². The van der Waals surface area contributed by atoms with Crippen molar-refractivity contribution >= 4 is 32.6 Å². The molecule has 2 aromatic carbocycles. The number of anilines is 1. The Bertz CT molecular complexity index is 952. The van der Waals surface area contributed by atoms with E-state index in [0.717, 1.165) is 27.5 Å². The van der Waals surface area contributed by atoms with Gasteiger partial charge in [-0.3, -0.25) is 9.69 Å². The molecule has 4 nitrogen and oxygen atoms in total. The predicted molar refractivity (Wildman–Crippen MR) is 115 cm³/mol. The molecule has 0 spiro atoms. The van der Waals surface area contributed by atoms with Gasteiger partial charge in [-0.15, -0.1) is 0 Å². The van der Waals surface area contributed by atoms with Crippen LogP contribution in [-0.2, 0) is 0 Å². The zero-order valence-corrected chi connectivity index (χ0v) is 17.8. The quantitative estimate of drug-likeness (QED) is 0.640. The minimum absolute atomic E-state index is 0.00690. The number of likely N-dealkylation sites (N-methyl/N-ethyl adjacent to an activating group) is 1. The maximum absolute atomic E-state index is 13.3. The molecular weight excluding hydrogens is 354 g/mol. The number of aromatic nitrogens is 1. The Morgan fingerprint density at radius 1 is 0.926 bits per heavy atom. The zero-order chi connectivity index (χ0) is 19.7. The number of rotatable bonds is 5. The molecule has 1 amide bonds. The van der Waals surface area contributed by atoms with Crippen LogP contribution in [0.15, 0.2) is 30.3 Å². The lowest BCUT2D eigenvalue weighted by molar-refractivity contribution is 0.0985. The van der Waals surface area contributed by atoms with Crippen LogP contribution in [0.3, 0.4) is 0 Å². The van der Waals surface area contributed by atoms with Gasteiger partial charge in [0.05, 0.1) is 10.2 Å². The molecule has 142 valence electrons. The molecule has 0 N–H and O–H groups in total. The Hall–Kier alpha value is -2.24. The highest BCUT2D eigenvalue weighted by molar-refractivity contribution is 7.22. The molecule has 0 aliphatic carbocycles. The molecule has 0 saturated heterocycles. The van der Waals surface area contributed by atoms with Gasteiger partial charge in [0, 0.05) is 18.7 Å². The third-order valence-corrected chi connectivity index (χ3v) is 6.03. The molecule has 1 aromatic heterocycles. The first-order valence-electron chi connectivity index (χ1n) is 9.18. The number of hydrogen-bond acceptors (Lipinski definition) is 4. The summed E-state index contributed by atoms with van der Waals surface area (Å²) in [5.41, 5.74) is 6.46. The summed E-state index contributed by atoms with van der Waals surface area (Å²) in [5.74, 6) is 0.00690. The lowest BCUT2D eigenvalue weighted by Crippen LogP contribution is -2.36. The fourth-order valence-corrected chi connectivity index (χ4v) is 3.97. The summed E-state index contributed by atoms with van der Waals surface area (Å²) < 4.78 is 1.12. The molecule has 0 atom stereocenters. The van der Waals surface area contributed by atoms with Crippen molar-refractivity contribution in [1.82, 2.24) is 9.88 Å². The lowest BCUT2D eigenvalue weighted by Gasteiger charge is -2.22. The predicted octanol–water partition coefficient (Wildman–Crippen LogP) is 4.74. The van der Waals surface area contributed by atoms with E-state index in [1.807, 2.05) is 44.1 Å². The molecule has 0 aliphatic rings. The minimum Gasteiger partial charge on any atom is -0.308 e. The number of aryl methyl sites for hydroxylation is 4. The normalized spacial score (nSPS) is 11.4. The van der Waals surface area contributed by atoms with Crippen LogP contribution in [0.5, 0.6) is 0 Å². The summed E-state index contributed by atoms with van der Waals surface area (Å²) >= 11 is 1.59. The van der Waals surface area contributed by atoms with Crippen molar-refractivity contribution in [3.05, 3.63) is 58.1 Å². The molecule has 0 fully saturated rings. The van der Waals surface area contributed by atoms with E-state index in [4.69, 9.17) is 4.98 Å². The van der Waals surface area contributed by atoms with Gasteiger partial charge < -0.3 is 4.90 Å². The van der Waals surface area contributed by atoms with Gasteiger partial charge in [-0.1, -0.05) is 17.4 Å². The number of carbonyl (C=O) groups is 1. The van der Waals surface area contributed by atoms with Gasteiger partial charge in [0.15, 0.2) is 5.13 Å². The van der Waals surface area contributed by atoms with Crippen LogP contribution in [0.2, 0.25) is 0 Å². The van der Waals surface area contributed by atoms with Gasteiger partial charge in [0.1, 0.15) is 0 Å². The topological polar surface area (TPSA) is 36.4 Å². The van der Waals surface area contributed by atoms with E-state index in [1.165, 1.54) is 16.7 Å². The van der Waals surface area contributed by atoms with E-state index in [1.54, 1.807) is 11.3 Å². The summed E-state index contributed by atoms with van der Waals surface area (Å²) in [6.45, 7) is 9.70. The van der Waals surface area contributed by atoms with E-state index in [9.17, 15) is 4.79 Å². The van der Waals surface area contributed by atoms with Crippen LogP contribution in [0.4, 0.5) is 5.13 Å². The van der Waals surface area contributed by atoms with E-state index >= 15 is 0 Å².